The molecule has 1 N–H and O–H groups in total. The second-order valence-electron chi connectivity index (χ2n) is 5.36. The predicted octanol–water partition coefficient (Wildman–Crippen LogP) is 3.91. The van der Waals surface area contributed by atoms with Crippen molar-refractivity contribution >= 4 is 0 Å². The summed E-state index contributed by atoms with van der Waals surface area (Å²) < 4.78 is 6.01. The van der Waals surface area contributed by atoms with Gasteiger partial charge in [-0.1, -0.05) is 42.0 Å². The standard InChI is InChI=1S/C18H23NO/c1-13-5-7-16(8-6-13)12-20-18-14(2)9-17(11-19-4)10-15(18)3/h5-10,19H,11-12H2,1-4H3. The van der Waals surface area contributed by atoms with Gasteiger partial charge in [0, 0.05) is 6.54 Å². The van der Waals surface area contributed by atoms with E-state index in [2.05, 4.69) is 62.5 Å². The molecule has 106 valence electrons. The third-order valence-electron chi connectivity index (χ3n) is 3.40. The van der Waals surface area contributed by atoms with E-state index in [1.54, 1.807) is 0 Å². The van der Waals surface area contributed by atoms with Crippen LogP contribution in [0, 0.1) is 20.8 Å². The van der Waals surface area contributed by atoms with Gasteiger partial charge in [0.05, 0.1) is 0 Å². The quantitative estimate of drug-likeness (QED) is 0.888. The molecular formula is C18H23NO. The zero-order chi connectivity index (χ0) is 14.5. The van der Waals surface area contributed by atoms with Crippen LogP contribution < -0.4 is 10.1 Å². The van der Waals surface area contributed by atoms with Crippen LogP contribution >= 0.6 is 0 Å². The lowest BCUT2D eigenvalue weighted by molar-refractivity contribution is 0.302. The van der Waals surface area contributed by atoms with Crippen LogP contribution in [0.3, 0.4) is 0 Å². The molecule has 0 bridgehead atoms. The predicted molar refractivity (Wildman–Crippen MR) is 84.2 cm³/mol. The SMILES string of the molecule is CNCc1cc(C)c(OCc2ccc(C)cc2)c(C)c1. The molecule has 0 heterocycles. The second-order valence-corrected chi connectivity index (χ2v) is 5.36. The van der Waals surface area contributed by atoms with E-state index < -0.39 is 0 Å². The fourth-order valence-electron chi connectivity index (χ4n) is 2.41. The molecule has 0 spiro atoms. The largest absolute Gasteiger partial charge is 0.488 e. The molecule has 20 heavy (non-hydrogen) atoms. The molecule has 0 saturated carbocycles. The lowest BCUT2D eigenvalue weighted by Gasteiger charge is -2.14. The molecular weight excluding hydrogens is 246 g/mol. The zero-order valence-corrected chi connectivity index (χ0v) is 12.8. The first-order chi connectivity index (χ1) is 9.60. The van der Waals surface area contributed by atoms with E-state index >= 15 is 0 Å². The van der Waals surface area contributed by atoms with Gasteiger partial charge in [0.2, 0.25) is 0 Å². The number of nitrogens with one attached hydrogen (secondary N) is 1. The minimum atomic E-state index is 0.618. The van der Waals surface area contributed by atoms with Gasteiger partial charge in [-0.05, 0) is 50.1 Å². The number of hydrogen-bond donors (Lipinski definition) is 1. The smallest absolute Gasteiger partial charge is 0.125 e. The van der Waals surface area contributed by atoms with Crippen molar-refractivity contribution in [2.24, 2.45) is 0 Å². The van der Waals surface area contributed by atoms with Crippen LogP contribution in [-0.4, -0.2) is 7.05 Å². The van der Waals surface area contributed by atoms with E-state index in [9.17, 15) is 0 Å². The van der Waals surface area contributed by atoms with Gasteiger partial charge in [0.1, 0.15) is 12.4 Å². The molecule has 0 amide bonds. The minimum Gasteiger partial charge on any atom is -0.488 e. The molecule has 0 radical (unpaired) electrons. The molecule has 2 aromatic rings. The van der Waals surface area contributed by atoms with E-state index in [1.165, 1.54) is 27.8 Å². The van der Waals surface area contributed by atoms with Crippen molar-refractivity contribution in [3.63, 3.8) is 0 Å². The molecule has 0 aliphatic heterocycles. The molecule has 0 aliphatic rings. The van der Waals surface area contributed by atoms with Gasteiger partial charge in [-0.15, -0.1) is 0 Å². The number of hydrogen-bond acceptors (Lipinski definition) is 2. The Balaban J connectivity index is 2.11. The summed E-state index contributed by atoms with van der Waals surface area (Å²) >= 11 is 0. The van der Waals surface area contributed by atoms with Gasteiger partial charge < -0.3 is 10.1 Å². The van der Waals surface area contributed by atoms with E-state index in [4.69, 9.17) is 4.74 Å². The molecule has 0 fully saturated rings. The highest BCUT2D eigenvalue weighted by molar-refractivity contribution is 5.43. The number of ether oxygens (including phenoxy) is 1. The third-order valence-corrected chi connectivity index (χ3v) is 3.40. The van der Waals surface area contributed by atoms with Crippen LogP contribution in [0.4, 0.5) is 0 Å². The average Bonchev–Trinajstić information content (AvgIpc) is 2.40. The van der Waals surface area contributed by atoms with Gasteiger partial charge in [0.25, 0.3) is 0 Å². The number of aryl methyl sites for hydroxylation is 3. The topological polar surface area (TPSA) is 21.3 Å². The molecule has 2 nitrogen and oxygen atoms in total. The van der Waals surface area contributed by atoms with Gasteiger partial charge in [-0.25, -0.2) is 0 Å². The summed E-state index contributed by atoms with van der Waals surface area (Å²) in [6.45, 7) is 7.82. The molecule has 2 aromatic carbocycles. The summed E-state index contributed by atoms with van der Waals surface area (Å²) in [4.78, 5) is 0. The highest BCUT2D eigenvalue weighted by atomic mass is 16.5. The van der Waals surface area contributed by atoms with Gasteiger partial charge in [-0.3, -0.25) is 0 Å². The molecule has 2 heteroatoms. The normalized spacial score (nSPS) is 10.6. The summed E-state index contributed by atoms with van der Waals surface area (Å²) in [6, 6.07) is 12.9. The van der Waals surface area contributed by atoms with Gasteiger partial charge in [0.15, 0.2) is 0 Å². The van der Waals surface area contributed by atoms with Crippen LogP contribution in [0.5, 0.6) is 5.75 Å². The summed E-state index contributed by atoms with van der Waals surface area (Å²) in [5, 5.41) is 3.18. The van der Waals surface area contributed by atoms with Crippen molar-refractivity contribution in [1.29, 1.82) is 0 Å². The van der Waals surface area contributed by atoms with E-state index in [0.29, 0.717) is 6.61 Å². The Labute approximate surface area is 121 Å². The van der Waals surface area contributed by atoms with Crippen molar-refractivity contribution in [1.82, 2.24) is 5.32 Å². The average molecular weight is 269 g/mol. The van der Waals surface area contributed by atoms with E-state index in [0.717, 1.165) is 12.3 Å². The summed E-state index contributed by atoms with van der Waals surface area (Å²) in [5.41, 5.74) is 6.17. The van der Waals surface area contributed by atoms with E-state index in [-0.39, 0.29) is 0 Å². The molecule has 0 unspecified atom stereocenters. The Morgan fingerprint density at radius 3 is 2.05 bits per heavy atom. The fraction of sp³-hybridized carbons (Fsp3) is 0.333. The first-order valence-corrected chi connectivity index (χ1v) is 7.03. The Bertz CT molecular complexity index is 549. The highest BCUT2D eigenvalue weighted by Crippen LogP contribution is 2.25. The van der Waals surface area contributed by atoms with Crippen molar-refractivity contribution in [2.45, 2.75) is 33.9 Å². The fourth-order valence-corrected chi connectivity index (χ4v) is 2.41. The van der Waals surface area contributed by atoms with Crippen LogP contribution in [0.25, 0.3) is 0 Å². The van der Waals surface area contributed by atoms with Gasteiger partial charge in [-0.2, -0.15) is 0 Å². The monoisotopic (exact) mass is 269 g/mol. The van der Waals surface area contributed by atoms with Gasteiger partial charge >= 0.3 is 0 Å². The molecule has 0 saturated heterocycles. The first-order valence-electron chi connectivity index (χ1n) is 7.03. The van der Waals surface area contributed by atoms with Crippen LogP contribution in [0.1, 0.15) is 27.8 Å². The molecule has 2 rings (SSSR count). The molecule has 0 aromatic heterocycles. The Kier molecular flexibility index (Phi) is 4.80. The van der Waals surface area contributed by atoms with Crippen LogP contribution in [0.15, 0.2) is 36.4 Å². The maximum Gasteiger partial charge on any atom is 0.125 e. The van der Waals surface area contributed by atoms with Crippen molar-refractivity contribution < 1.29 is 4.74 Å². The maximum absolute atomic E-state index is 6.01. The third kappa shape index (κ3) is 3.61. The summed E-state index contributed by atoms with van der Waals surface area (Å²) in [6.07, 6.45) is 0. The van der Waals surface area contributed by atoms with Crippen molar-refractivity contribution in [2.75, 3.05) is 7.05 Å². The Morgan fingerprint density at radius 2 is 1.50 bits per heavy atom. The lowest BCUT2D eigenvalue weighted by Crippen LogP contribution is -2.06. The highest BCUT2D eigenvalue weighted by Gasteiger charge is 2.06. The van der Waals surface area contributed by atoms with Crippen LogP contribution in [-0.2, 0) is 13.2 Å². The zero-order valence-electron chi connectivity index (χ0n) is 12.8. The lowest BCUT2D eigenvalue weighted by atomic mass is 10.1. The van der Waals surface area contributed by atoms with E-state index in [1.807, 2.05) is 7.05 Å². The van der Waals surface area contributed by atoms with Crippen molar-refractivity contribution in [3.05, 3.63) is 64.2 Å². The maximum atomic E-state index is 6.01. The minimum absolute atomic E-state index is 0.618. The molecule has 0 aliphatic carbocycles. The Hall–Kier alpha value is -1.80. The number of rotatable bonds is 5. The Morgan fingerprint density at radius 1 is 0.900 bits per heavy atom. The number of benzene rings is 2. The summed E-state index contributed by atoms with van der Waals surface area (Å²) in [5.74, 6) is 1.01. The second kappa shape index (κ2) is 6.58. The van der Waals surface area contributed by atoms with Crippen molar-refractivity contribution in [3.8, 4) is 5.75 Å². The molecule has 0 atom stereocenters. The first kappa shape index (κ1) is 14.6. The summed E-state index contributed by atoms with van der Waals surface area (Å²) in [7, 11) is 1.96. The van der Waals surface area contributed by atoms with Crippen LogP contribution in [0.2, 0.25) is 0 Å².